The van der Waals surface area contributed by atoms with E-state index in [-0.39, 0.29) is 6.04 Å². The standard InChI is InChI=1S/C6H10NO/c1-5-2-3-7-6(5)4-8/h5-7H,2-3H2,1H3/t5-,6-/m1/s1. The minimum atomic E-state index is 0.00926. The van der Waals surface area contributed by atoms with Crippen LogP contribution in [0, 0.1) is 5.92 Å². The van der Waals surface area contributed by atoms with Crippen LogP contribution in [-0.4, -0.2) is 18.9 Å². The molecular formula is C6H10NO. The van der Waals surface area contributed by atoms with Gasteiger partial charge in [0.2, 0.25) is 6.29 Å². The van der Waals surface area contributed by atoms with Gasteiger partial charge in [-0.25, -0.2) is 0 Å². The Hall–Kier alpha value is -0.370. The Balaban J connectivity index is 2.41. The van der Waals surface area contributed by atoms with Gasteiger partial charge in [0.1, 0.15) is 0 Å². The first-order valence-electron chi connectivity index (χ1n) is 2.95. The fraction of sp³-hybridized carbons (Fsp3) is 0.833. The molecule has 0 aliphatic carbocycles. The van der Waals surface area contributed by atoms with Crippen molar-refractivity contribution in [2.75, 3.05) is 6.54 Å². The average molecular weight is 112 g/mol. The lowest BCUT2D eigenvalue weighted by molar-refractivity contribution is 0.502. The lowest BCUT2D eigenvalue weighted by atomic mass is 10.1. The number of nitrogens with one attached hydrogen (secondary N) is 1. The number of hydrogen-bond donors (Lipinski definition) is 1. The second-order valence-corrected chi connectivity index (χ2v) is 2.32. The first-order chi connectivity index (χ1) is 3.84. The smallest absolute Gasteiger partial charge is 0.217 e. The van der Waals surface area contributed by atoms with Crippen molar-refractivity contribution in [1.29, 1.82) is 0 Å². The van der Waals surface area contributed by atoms with Gasteiger partial charge in [-0.2, -0.15) is 0 Å². The van der Waals surface area contributed by atoms with E-state index in [4.69, 9.17) is 0 Å². The maximum absolute atomic E-state index is 10.0. The molecule has 0 aromatic heterocycles. The minimum absolute atomic E-state index is 0.00926. The third-order valence-electron chi connectivity index (χ3n) is 1.66. The molecule has 1 radical (unpaired) electrons. The molecule has 2 heteroatoms. The van der Waals surface area contributed by atoms with Crippen molar-refractivity contribution in [2.24, 2.45) is 5.92 Å². The number of carbonyl (C=O) groups excluding carboxylic acids is 1. The SMILES string of the molecule is C[C@@H]1CCN[C@@H]1[C]=O. The molecule has 1 heterocycles. The molecule has 45 valence electrons. The third-order valence-corrected chi connectivity index (χ3v) is 1.66. The molecule has 1 N–H and O–H groups in total. The molecule has 2 atom stereocenters. The summed E-state index contributed by atoms with van der Waals surface area (Å²) in [4.78, 5) is 10.0. The number of hydrogen-bond acceptors (Lipinski definition) is 2. The zero-order chi connectivity index (χ0) is 5.98. The molecule has 1 fully saturated rings. The van der Waals surface area contributed by atoms with Crippen molar-refractivity contribution < 1.29 is 4.79 Å². The molecule has 1 aliphatic rings. The summed E-state index contributed by atoms with van der Waals surface area (Å²) in [5.41, 5.74) is 0. The highest BCUT2D eigenvalue weighted by atomic mass is 16.1. The Morgan fingerprint density at radius 3 is 2.75 bits per heavy atom. The highest BCUT2D eigenvalue weighted by Crippen LogP contribution is 2.11. The minimum Gasteiger partial charge on any atom is -0.307 e. The molecule has 0 saturated carbocycles. The van der Waals surface area contributed by atoms with Gasteiger partial charge >= 0.3 is 0 Å². The molecule has 1 aliphatic heterocycles. The summed E-state index contributed by atoms with van der Waals surface area (Å²) in [5.74, 6) is 0.493. The Bertz CT molecular complexity index is 92.5. The Morgan fingerprint density at radius 2 is 2.50 bits per heavy atom. The summed E-state index contributed by atoms with van der Waals surface area (Å²) < 4.78 is 0. The van der Waals surface area contributed by atoms with Crippen molar-refractivity contribution in [3.63, 3.8) is 0 Å². The van der Waals surface area contributed by atoms with E-state index in [1.807, 2.05) is 6.29 Å². The van der Waals surface area contributed by atoms with E-state index >= 15 is 0 Å². The van der Waals surface area contributed by atoms with E-state index in [1.54, 1.807) is 0 Å². The van der Waals surface area contributed by atoms with Gasteiger partial charge in [-0.3, -0.25) is 4.79 Å². The van der Waals surface area contributed by atoms with E-state index in [9.17, 15) is 4.79 Å². The largest absolute Gasteiger partial charge is 0.307 e. The molecule has 0 aromatic carbocycles. The predicted octanol–water partition coefficient (Wildman–Crippen LogP) is 0.0941. The summed E-state index contributed by atoms with van der Waals surface area (Å²) in [5, 5.41) is 3.03. The third kappa shape index (κ3) is 0.892. The molecule has 0 bridgehead atoms. The Morgan fingerprint density at radius 1 is 1.75 bits per heavy atom. The van der Waals surface area contributed by atoms with Gasteiger partial charge in [-0.15, -0.1) is 0 Å². The van der Waals surface area contributed by atoms with E-state index in [0.29, 0.717) is 5.92 Å². The van der Waals surface area contributed by atoms with Crippen molar-refractivity contribution in [3.8, 4) is 0 Å². The lowest BCUT2D eigenvalue weighted by Crippen LogP contribution is -2.26. The fourth-order valence-corrected chi connectivity index (χ4v) is 0.992. The van der Waals surface area contributed by atoms with Crippen LogP contribution in [0.25, 0.3) is 0 Å². The molecule has 0 amide bonds. The quantitative estimate of drug-likeness (QED) is 0.521. The highest BCUT2D eigenvalue weighted by Gasteiger charge is 2.21. The normalized spacial score (nSPS) is 37.6. The van der Waals surface area contributed by atoms with Crippen molar-refractivity contribution in [3.05, 3.63) is 0 Å². The van der Waals surface area contributed by atoms with Crippen LogP contribution in [0.3, 0.4) is 0 Å². The van der Waals surface area contributed by atoms with Crippen molar-refractivity contribution in [2.45, 2.75) is 19.4 Å². The second-order valence-electron chi connectivity index (χ2n) is 2.32. The Kier molecular flexibility index (Phi) is 1.63. The van der Waals surface area contributed by atoms with Gasteiger partial charge < -0.3 is 5.32 Å². The molecule has 1 saturated heterocycles. The molecule has 0 unspecified atom stereocenters. The van der Waals surface area contributed by atoms with Crippen LogP contribution < -0.4 is 5.32 Å². The van der Waals surface area contributed by atoms with Gasteiger partial charge in [0.25, 0.3) is 0 Å². The first-order valence-corrected chi connectivity index (χ1v) is 2.95. The summed E-state index contributed by atoms with van der Waals surface area (Å²) in [6, 6.07) is 0.00926. The summed E-state index contributed by atoms with van der Waals surface area (Å²) in [6.07, 6.45) is 3.06. The summed E-state index contributed by atoms with van der Waals surface area (Å²) in [6.45, 7) is 3.04. The monoisotopic (exact) mass is 112 g/mol. The average Bonchev–Trinajstić information content (AvgIpc) is 2.14. The molecule has 8 heavy (non-hydrogen) atoms. The van der Waals surface area contributed by atoms with E-state index < -0.39 is 0 Å². The van der Waals surface area contributed by atoms with E-state index in [1.165, 1.54) is 0 Å². The topological polar surface area (TPSA) is 29.1 Å². The van der Waals surface area contributed by atoms with Gasteiger partial charge in [0, 0.05) is 0 Å². The Labute approximate surface area is 49.3 Å². The van der Waals surface area contributed by atoms with Gasteiger partial charge in [-0.05, 0) is 18.9 Å². The van der Waals surface area contributed by atoms with Crippen LogP contribution in [0.4, 0.5) is 0 Å². The highest BCUT2D eigenvalue weighted by molar-refractivity contribution is 5.59. The first kappa shape index (κ1) is 5.76. The predicted molar refractivity (Wildman–Crippen MR) is 31.3 cm³/mol. The molecule has 1 rings (SSSR count). The zero-order valence-corrected chi connectivity index (χ0v) is 4.98. The van der Waals surface area contributed by atoms with Crippen LogP contribution in [0.5, 0.6) is 0 Å². The summed E-state index contributed by atoms with van der Waals surface area (Å²) >= 11 is 0. The van der Waals surface area contributed by atoms with Crippen LogP contribution in [0.15, 0.2) is 0 Å². The van der Waals surface area contributed by atoms with E-state index in [2.05, 4.69) is 12.2 Å². The van der Waals surface area contributed by atoms with Crippen LogP contribution in [-0.2, 0) is 4.79 Å². The van der Waals surface area contributed by atoms with Gasteiger partial charge in [0.05, 0.1) is 6.04 Å². The van der Waals surface area contributed by atoms with Crippen molar-refractivity contribution >= 4 is 6.29 Å². The summed E-state index contributed by atoms with van der Waals surface area (Å²) in [7, 11) is 0. The van der Waals surface area contributed by atoms with E-state index in [0.717, 1.165) is 13.0 Å². The zero-order valence-electron chi connectivity index (χ0n) is 4.98. The van der Waals surface area contributed by atoms with Crippen LogP contribution in [0.2, 0.25) is 0 Å². The number of rotatable bonds is 1. The van der Waals surface area contributed by atoms with Crippen LogP contribution >= 0.6 is 0 Å². The molecular weight excluding hydrogens is 102 g/mol. The maximum atomic E-state index is 10.0. The van der Waals surface area contributed by atoms with Crippen molar-refractivity contribution in [1.82, 2.24) is 5.32 Å². The molecule has 0 spiro atoms. The maximum Gasteiger partial charge on any atom is 0.217 e. The van der Waals surface area contributed by atoms with Crippen LogP contribution in [0.1, 0.15) is 13.3 Å². The lowest BCUT2D eigenvalue weighted by Gasteiger charge is -2.03. The molecule has 2 nitrogen and oxygen atoms in total. The van der Waals surface area contributed by atoms with Gasteiger partial charge in [0.15, 0.2) is 0 Å². The fourth-order valence-electron chi connectivity index (χ4n) is 0.992. The van der Waals surface area contributed by atoms with Gasteiger partial charge in [-0.1, -0.05) is 6.92 Å². The molecule has 0 aromatic rings. The second kappa shape index (κ2) is 2.27.